The van der Waals surface area contributed by atoms with Gasteiger partial charge in [-0.3, -0.25) is 9.69 Å². The molecule has 2 unspecified atom stereocenters. The number of carbonyl (C=O) groups is 1. The van der Waals surface area contributed by atoms with E-state index in [2.05, 4.69) is 4.90 Å². The maximum atomic E-state index is 11.7. The van der Waals surface area contributed by atoms with Crippen LogP contribution in [0.15, 0.2) is 0 Å². The largest absolute Gasteiger partial charge is 0.468 e. The number of nitrogens with two attached hydrogens (primary N) is 1. The maximum Gasteiger partial charge on any atom is 0.325 e. The summed E-state index contributed by atoms with van der Waals surface area (Å²) in [7, 11) is 4.76. The van der Waals surface area contributed by atoms with E-state index >= 15 is 0 Å². The number of esters is 1. The van der Waals surface area contributed by atoms with Crippen LogP contribution < -0.4 is 5.73 Å². The fourth-order valence-electron chi connectivity index (χ4n) is 2.64. The Morgan fingerprint density at radius 3 is 2.32 bits per heavy atom. The molecule has 0 radical (unpaired) electrons. The number of carbonyl (C=O) groups excluding carboxylic acids is 1. The first-order chi connectivity index (χ1) is 9.07. The molecule has 0 amide bonds. The average Bonchev–Trinajstić information content (AvgIpc) is 2.82. The van der Waals surface area contributed by atoms with E-state index in [-0.39, 0.29) is 12.0 Å². The number of rotatable bonds is 8. The van der Waals surface area contributed by atoms with E-state index in [1.165, 1.54) is 7.11 Å². The highest BCUT2D eigenvalue weighted by Crippen LogP contribution is 2.32. The van der Waals surface area contributed by atoms with E-state index in [4.69, 9.17) is 19.9 Å². The normalized spacial score (nSPS) is 26.9. The predicted octanol–water partition coefficient (Wildman–Crippen LogP) is 0.00420. The first-order valence-corrected chi connectivity index (χ1v) is 6.66. The monoisotopic (exact) mass is 274 g/mol. The zero-order valence-electron chi connectivity index (χ0n) is 12.2. The summed E-state index contributed by atoms with van der Waals surface area (Å²) in [4.78, 5) is 14.0. The van der Waals surface area contributed by atoms with Gasteiger partial charge < -0.3 is 19.9 Å². The van der Waals surface area contributed by atoms with Crippen LogP contribution in [0.2, 0.25) is 0 Å². The highest BCUT2D eigenvalue weighted by molar-refractivity contribution is 5.81. The fraction of sp³-hybridized carbons (Fsp3) is 0.923. The zero-order chi connectivity index (χ0) is 14.3. The third kappa shape index (κ3) is 4.42. The van der Waals surface area contributed by atoms with Crippen molar-refractivity contribution in [3.8, 4) is 0 Å². The molecule has 2 N–H and O–H groups in total. The van der Waals surface area contributed by atoms with E-state index in [1.54, 1.807) is 14.2 Å². The van der Waals surface area contributed by atoms with Crippen LogP contribution >= 0.6 is 0 Å². The number of ether oxygens (including phenoxy) is 3. The summed E-state index contributed by atoms with van der Waals surface area (Å²) in [6.07, 6.45) is 2.20. The molecule has 0 aliphatic heterocycles. The Morgan fingerprint density at radius 1 is 1.26 bits per heavy atom. The molecule has 1 fully saturated rings. The lowest BCUT2D eigenvalue weighted by Crippen LogP contribution is -2.48. The molecule has 1 saturated carbocycles. The fourth-order valence-corrected chi connectivity index (χ4v) is 2.64. The SMILES string of the molecule is COCCN(CCOC)C1CCC(N)(C(=O)OC)C1. The van der Waals surface area contributed by atoms with E-state index < -0.39 is 5.54 Å². The molecular weight excluding hydrogens is 248 g/mol. The number of hydrogen-bond acceptors (Lipinski definition) is 6. The highest BCUT2D eigenvalue weighted by atomic mass is 16.5. The van der Waals surface area contributed by atoms with Gasteiger partial charge in [0.05, 0.1) is 20.3 Å². The smallest absolute Gasteiger partial charge is 0.325 e. The Hall–Kier alpha value is -0.690. The van der Waals surface area contributed by atoms with E-state index in [9.17, 15) is 4.79 Å². The van der Waals surface area contributed by atoms with Gasteiger partial charge in [0.25, 0.3) is 0 Å². The van der Waals surface area contributed by atoms with Gasteiger partial charge in [-0.25, -0.2) is 0 Å². The average molecular weight is 274 g/mol. The minimum absolute atomic E-state index is 0.286. The second-order valence-electron chi connectivity index (χ2n) is 5.07. The van der Waals surface area contributed by atoms with Crippen molar-refractivity contribution in [3.63, 3.8) is 0 Å². The molecule has 6 heteroatoms. The lowest BCUT2D eigenvalue weighted by molar-refractivity contribution is -0.147. The summed E-state index contributed by atoms with van der Waals surface area (Å²) in [5.41, 5.74) is 5.30. The van der Waals surface area contributed by atoms with Gasteiger partial charge in [0.15, 0.2) is 0 Å². The molecule has 1 aliphatic rings. The Bertz CT molecular complexity index is 280. The second-order valence-corrected chi connectivity index (χ2v) is 5.07. The summed E-state index contributed by atoms with van der Waals surface area (Å²) in [6, 6.07) is 0.286. The lowest BCUT2D eigenvalue weighted by atomic mass is 9.99. The number of nitrogens with zero attached hydrogens (tertiary/aromatic N) is 1. The van der Waals surface area contributed by atoms with Crippen molar-refractivity contribution >= 4 is 5.97 Å². The van der Waals surface area contributed by atoms with Crippen molar-refractivity contribution in [2.24, 2.45) is 5.73 Å². The molecule has 0 bridgehead atoms. The molecule has 1 aliphatic carbocycles. The summed E-state index contributed by atoms with van der Waals surface area (Å²) < 4.78 is 15.0. The topological polar surface area (TPSA) is 74.0 Å². The maximum absolute atomic E-state index is 11.7. The standard InChI is InChI=1S/C13H26N2O4/c1-17-8-6-15(7-9-18-2)11-4-5-13(14,10-11)12(16)19-3/h11H,4-10,14H2,1-3H3. The van der Waals surface area contributed by atoms with Gasteiger partial charge >= 0.3 is 5.97 Å². The molecule has 0 aromatic carbocycles. The molecule has 0 saturated heterocycles. The minimum atomic E-state index is -0.836. The van der Waals surface area contributed by atoms with Crippen LogP contribution in [0.4, 0.5) is 0 Å². The Kier molecular flexibility index (Phi) is 6.71. The number of methoxy groups -OCH3 is 3. The predicted molar refractivity (Wildman–Crippen MR) is 71.9 cm³/mol. The van der Waals surface area contributed by atoms with Crippen LogP contribution in [0, 0.1) is 0 Å². The van der Waals surface area contributed by atoms with Crippen LogP contribution in [0.25, 0.3) is 0 Å². The van der Waals surface area contributed by atoms with Gasteiger partial charge in [-0.2, -0.15) is 0 Å². The van der Waals surface area contributed by atoms with E-state index in [1.807, 2.05) is 0 Å². The first kappa shape index (κ1) is 16.4. The van der Waals surface area contributed by atoms with Gasteiger partial charge in [-0.05, 0) is 19.3 Å². The van der Waals surface area contributed by atoms with Crippen molar-refractivity contribution in [1.29, 1.82) is 0 Å². The molecule has 19 heavy (non-hydrogen) atoms. The zero-order valence-corrected chi connectivity index (χ0v) is 12.2. The van der Waals surface area contributed by atoms with Crippen LogP contribution in [-0.2, 0) is 19.0 Å². The van der Waals surface area contributed by atoms with Gasteiger partial charge in [0.1, 0.15) is 5.54 Å². The molecule has 0 spiro atoms. The van der Waals surface area contributed by atoms with Gasteiger partial charge in [-0.1, -0.05) is 0 Å². The highest BCUT2D eigenvalue weighted by Gasteiger charge is 2.44. The third-order valence-electron chi connectivity index (χ3n) is 3.80. The van der Waals surface area contributed by atoms with Gasteiger partial charge in [-0.15, -0.1) is 0 Å². The van der Waals surface area contributed by atoms with Crippen molar-refractivity contribution in [3.05, 3.63) is 0 Å². The minimum Gasteiger partial charge on any atom is -0.468 e. The lowest BCUT2D eigenvalue weighted by Gasteiger charge is -2.29. The van der Waals surface area contributed by atoms with Crippen LogP contribution in [0.1, 0.15) is 19.3 Å². The van der Waals surface area contributed by atoms with Crippen molar-refractivity contribution < 1.29 is 19.0 Å². The molecule has 0 aromatic rings. The van der Waals surface area contributed by atoms with Crippen molar-refractivity contribution in [2.45, 2.75) is 30.8 Å². The van der Waals surface area contributed by atoms with Crippen LogP contribution in [0.3, 0.4) is 0 Å². The van der Waals surface area contributed by atoms with E-state index in [0.717, 1.165) is 19.5 Å². The molecular formula is C13H26N2O4. The van der Waals surface area contributed by atoms with E-state index in [0.29, 0.717) is 26.1 Å². The third-order valence-corrected chi connectivity index (χ3v) is 3.80. The quantitative estimate of drug-likeness (QED) is 0.628. The Labute approximate surface area is 115 Å². The summed E-state index contributed by atoms with van der Waals surface area (Å²) in [6.45, 7) is 2.97. The van der Waals surface area contributed by atoms with Crippen molar-refractivity contribution in [1.82, 2.24) is 4.90 Å². The molecule has 1 rings (SSSR count). The molecule has 0 heterocycles. The Balaban J connectivity index is 2.58. The number of hydrogen-bond donors (Lipinski definition) is 1. The molecule has 112 valence electrons. The van der Waals surface area contributed by atoms with Gasteiger partial charge in [0.2, 0.25) is 0 Å². The first-order valence-electron chi connectivity index (χ1n) is 6.66. The molecule has 6 nitrogen and oxygen atoms in total. The molecule has 0 aromatic heterocycles. The summed E-state index contributed by atoms with van der Waals surface area (Å²) in [5, 5.41) is 0. The second kappa shape index (κ2) is 7.79. The summed E-state index contributed by atoms with van der Waals surface area (Å²) in [5.74, 6) is -0.312. The van der Waals surface area contributed by atoms with Gasteiger partial charge in [0, 0.05) is 33.4 Å². The summed E-state index contributed by atoms with van der Waals surface area (Å²) >= 11 is 0. The molecule has 2 atom stereocenters. The van der Waals surface area contributed by atoms with Crippen molar-refractivity contribution in [2.75, 3.05) is 47.6 Å². The Morgan fingerprint density at radius 2 is 1.84 bits per heavy atom. The van der Waals surface area contributed by atoms with Crippen LogP contribution in [0.5, 0.6) is 0 Å². The van der Waals surface area contributed by atoms with Crippen LogP contribution in [-0.4, -0.2) is 70.1 Å².